The number of para-hydroxylation sites is 2. The molecular formula is C19H21FN2O2. The third-order valence-electron chi connectivity index (χ3n) is 4.18. The molecule has 2 aromatic carbocycles. The molecule has 0 spiro atoms. The molecule has 0 saturated carbocycles. The Kier molecular flexibility index (Phi) is 4.99. The lowest BCUT2D eigenvalue weighted by Gasteiger charge is -2.26. The van der Waals surface area contributed by atoms with Gasteiger partial charge in [0.2, 0.25) is 0 Å². The summed E-state index contributed by atoms with van der Waals surface area (Å²) in [4.78, 5) is 14.5. The molecule has 0 radical (unpaired) electrons. The second-order valence-corrected chi connectivity index (χ2v) is 5.77. The van der Waals surface area contributed by atoms with Gasteiger partial charge in [-0.2, -0.15) is 0 Å². The molecule has 4 nitrogen and oxygen atoms in total. The predicted molar refractivity (Wildman–Crippen MR) is 91.7 cm³/mol. The van der Waals surface area contributed by atoms with Gasteiger partial charge in [0.1, 0.15) is 11.6 Å². The van der Waals surface area contributed by atoms with Crippen molar-refractivity contribution >= 4 is 11.7 Å². The molecule has 0 unspecified atom stereocenters. The molecule has 1 aliphatic heterocycles. The highest BCUT2D eigenvalue weighted by Gasteiger charge is 2.30. The van der Waals surface area contributed by atoms with Crippen molar-refractivity contribution in [2.75, 3.05) is 18.5 Å². The largest absolute Gasteiger partial charge is 0.492 e. The highest BCUT2D eigenvalue weighted by Crippen LogP contribution is 2.33. The third-order valence-corrected chi connectivity index (χ3v) is 4.18. The summed E-state index contributed by atoms with van der Waals surface area (Å²) in [6.45, 7) is 3.09. The van der Waals surface area contributed by atoms with Gasteiger partial charge in [-0.1, -0.05) is 24.3 Å². The number of carbonyl (C=O) groups excluding carboxylic acids is 1. The van der Waals surface area contributed by atoms with E-state index in [1.54, 1.807) is 11.0 Å². The van der Waals surface area contributed by atoms with Gasteiger partial charge >= 0.3 is 6.03 Å². The van der Waals surface area contributed by atoms with E-state index in [0.717, 1.165) is 18.4 Å². The molecule has 0 aromatic heterocycles. The Hall–Kier alpha value is -2.56. The third kappa shape index (κ3) is 3.50. The van der Waals surface area contributed by atoms with Crippen LogP contribution in [0.5, 0.6) is 5.75 Å². The van der Waals surface area contributed by atoms with Gasteiger partial charge in [0.15, 0.2) is 0 Å². The van der Waals surface area contributed by atoms with Crippen LogP contribution < -0.4 is 10.1 Å². The van der Waals surface area contributed by atoms with E-state index in [4.69, 9.17) is 4.74 Å². The molecule has 2 amide bonds. The van der Waals surface area contributed by atoms with E-state index in [1.807, 2.05) is 37.3 Å². The lowest BCUT2D eigenvalue weighted by molar-refractivity contribution is 0.207. The second-order valence-electron chi connectivity index (χ2n) is 5.77. The van der Waals surface area contributed by atoms with Gasteiger partial charge in [0.25, 0.3) is 0 Å². The molecule has 1 heterocycles. The maximum Gasteiger partial charge on any atom is 0.322 e. The first kappa shape index (κ1) is 16.3. The van der Waals surface area contributed by atoms with E-state index in [2.05, 4.69) is 5.32 Å². The average Bonchev–Trinajstić information content (AvgIpc) is 3.07. The molecule has 5 heteroatoms. The number of nitrogens with zero attached hydrogens (tertiary/aromatic N) is 1. The van der Waals surface area contributed by atoms with Crippen LogP contribution in [0, 0.1) is 5.82 Å². The van der Waals surface area contributed by atoms with E-state index >= 15 is 0 Å². The summed E-state index contributed by atoms with van der Waals surface area (Å²) in [6.07, 6.45) is 1.74. The fraction of sp³-hybridized carbons (Fsp3) is 0.316. The van der Waals surface area contributed by atoms with Crippen LogP contribution >= 0.6 is 0 Å². The van der Waals surface area contributed by atoms with Crippen molar-refractivity contribution in [1.29, 1.82) is 0 Å². The van der Waals surface area contributed by atoms with E-state index in [-0.39, 0.29) is 17.9 Å². The van der Waals surface area contributed by atoms with E-state index in [9.17, 15) is 9.18 Å². The first-order valence-electron chi connectivity index (χ1n) is 8.24. The predicted octanol–water partition coefficient (Wildman–Crippen LogP) is 4.59. The van der Waals surface area contributed by atoms with Crippen LogP contribution in [0.15, 0.2) is 48.5 Å². The zero-order valence-corrected chi connectivity index (χ0v) is 13.7. The Labute approximate surface area is 141 Å². The van der Waals surface area contributed by atoms with Crippen LogP contribution in [0.3, 0.4) is 0 Å². The molecule has 126 valence electrons. The maximum absolute atomic E-state index is 13.5. The number of hydrogen-bond donors (Lipinski definition) is 1. The fourth-order valence-electron chi connectivity index (χ4n) is 3.11. The van der Waals surface area contributed by atoms with Gasteiger partial charge in [-0.15, -0.1) is 0 Å². The van der Waals surface area contributed by atoms with E-state index in [1.165, 1.54) is 12.1 Å². The van der Waals surface area contributed by atoms with Crippen LogP contribution in [-0.4, -0.2) is 24.1 Å². The lowest BCUT2D eigenvalue weighted by Crippen LogP contribution is -2.34. The molecule has 1 fully saturated rings. The van der Waals surface area contributed by atoms with Crippen molar-refractivity contribution < 1.29 is 13.9 Å². The van der Waals surface area contributed by atoms with Gasteiger partial charge in [0.05, 0.1) is 18.3 Å². The van der Waals surface area contributed by atoms with Crippen LogP contribution in [0.25, 0.3) is 0 Å². The maximum atomic E-state index is 13.5. The standard InChI is InChI=1S/C19H21FN2O2/c1-2-24-18-11-4-3-9-16(18)21-19(23)22-12-6-10-17(22)14-7-5-8-15(20)13-14/h3-5,7-9,11,13,17H,2,6,10,12H2,1H3,(H,21,23)/t17-/m0/s1. The smallest absolute Gasteiger partial charge is 0.322 e. The number of amides is 2. The Morgan fingerprint density at radius 3 is 2.92 bits per heavy atom. The number of carbonyl (C=O) groups is 1. The van der Waals surface area contributed by atoms with Crippen molar-refractivity contribution in [3.8, 4) is 5.75 Å². The van der Waals surface area contributed by atoms with Crippen molar-refractivity contribution in [3.63, 3.8) is 0 Å². The minimum atomic E-state index is -0.276. The number of halogens is 1. The highest BCUT2D eigenvalue weighted by atomic mass is 19.1. The number of urea groups is 1. The van der Waals surface area contributed by atoms with Crippen molar-refractivity contribution in [1.82, 2.24) is 4.90 Å². The summed E-state index contributed by atoms with van der Waals surface area (Å²) >= 11 is 0. The van der Waals surface area contributed by atoms with Gasteiger partial charge in [0, 0.05) is 6.54 Å². The summed E-state index contributed by atoms with van der Waals surface area (Å²) in [5.74, 6) is 0.372. The first-order valence-corrected chi connectivity index (χ1v) is 8.24. The normalized spacial score (nSPS) is 16.9. The lowest BCUT2D eigenvalue weighted by atomic mass is 10.0. The summed E-state index contributed by atoms with van der Waals surface area (Å²) in [5, 5.41) is 2.92. The fourth-order valence-corrected chi connectivity index (χ4v) is 3.11. The highest BCUT2D eigenvalue weighted by molar-refractivity contribution is 5.91. The molecule has 2 aromatic rings. The molecule has 1 aliphatic rings. The number of nitrogens with one attached hydrogen (secondary N) is 1. The quantitative estimate of drug-likeness (QED) is 0.891. The Bertz CT molecular complexity index is 720. The molecule has 1 saturated heterocycles. The molecule has 0 aliphatic carbocycles. The van der Waals surface area contributed by atoms with Gasteiger partial charge < -0.3 is 15.0 Å². The number of rotatable bonds is 4. The monoisotopic (exact) mass is 328 g/mol. The van der Waals surface area contributed by atoms with Crippen LogP contribution in [0.4, 0.5) is 14.9 Å². The van der Waals surface area contributed by atoms with Crippen LogP contribution in [0.1, 0.15) is 31.4 Å². The van der Waals surface area contributed by atoms with Gasteiger partial charge in [-0.05, 0) is 49.6 Å². The number of hydrogen-bond acceptors (Lipinski definition) is 2. The molecule has 24 heavy (non-hydrogen) atoms. The average molecular weight is 328 g/mol. The number of likely N-dealkylation sites (tertiary alicyclic amines) is 1. The zero-order chi connectivity index (χ0) is 16.9. The van der Waals surface area contributed by atoms with Gasteiger partial charge in [-0.3, -0.25) is 0 Å². The van der Waals surface area contributed by atoms with Crippen LogP contribution in [-0.2, 0) is 0 Å². The Morgan fingerprint density at radius 1 is 1.29 bits per heavy atom. The topological polar surface area (TPSA) is 41.6 Å². The van der Waals surface area contributed by atoms with Gasteiger partial charge in [-0.25, -0.2) is 9.18 Å². The summed E-state index contributed by atoms with van der Waals surface area (Å²) in [6, 6.07) is 13.6. The summed E-state index contributed by atoms with van der Waals surface area (Å²) in [7, 11) is 0. The molecule has 3 rings (SSSR count). The second kappa shape index (κ2) is 7.34. The van der Waals surface area contributed by atoms with E-state index < -0.39 is 0 Å². The Morgan fingerprint density at radius 2 is 2.12 bits per heavy atom. The number of ether oxygens (including phenoxy) is 1. The summed E-state index contributed by atoms with van der Waals surface area (Å²) < 4.78 is 19.0. The molecule has 1 atom stereocenters. The number of benzene rings is 2. The van der Waals surface area contributed by atoms with Crippen molar-refractivity contribution in [2.45, 2.75) is 25.8 Å². The molecule has 1 N–H and O–H groups in total. The summed E-state index contributed by atoms with van der Waals surface area (Å²) in [5.41, 5.74) is 1.48. The van der Waals surface area contributed by atoms with Crippen LogP contribution in [0.2, 0.25) is 0 Å². The minimum Gasteiger partial charge on any atom is -0.492 e. The minimum absolute atomic E-state index is 0.0973. The molecular weight excluding hydrogens is 307 g/mol. The van der Waals surface area contributed by atoms with E-state index in [0.29, 0.717) is 24.6 Å². The Balaban J connectivity index is 1.77. The number of anilines is 1. The zero-order valence-electron chi connectivity index (χ0n) is 13.7. The van der Waals surface area contributed by atoms with Crippen molar-refractivity contribution in [3.05, 3.63) is 59.9 Å². The molecule has 0 bridgehead atoms. The first-order chi connectivity index (χ1) is 11.7. The SMILES string of the molecule is CCOc1ccccc1NC(=O)N1CCC[C@H]1c1cccc(F)c1. The van der Waals surface area contributed by atoms with Crippen molar-refractivity contribution in [2.24, 2.45) is 0 Å².